The van der Waals surface area contributed by atoms with Crippen LogP contribution < -0.4 is 0 Å². The maximum atomic E-state index is 6.56. The standard InChI is InChI=1S/C55H34O/c1-3-17-41(18-4-1)55(42-19-5-2-6-20-42)49-29-27-40(44-22-12-24-51-54(44)48-32-37-15-9-10-16-38(37)34-52(48)56-51)33-47(49)53-46-23-11-21-43(45(46)28-30-50(53)55)39-26-25-35-13-7-8-14-36(35)31-39/h1-34H. The van der Waals surface area contributed by atoms with E-state index in [2.05, 4.69) is 206 Å². The topological polar surface area (TPSA) is 13.1 Å². The van der Waals surface area contributed by atoms with E-state index >= 15 is 0 Å². The molecule has 10 aromatic carbocycles. The molecule has 11 aromatic rings. The van der Waals surface area contributed by atoms with Crippen molar-refractivity contribution in [1.29, 1.82) is 0 Å². The second-order valence-corrected chi connectivity index (χ2v) is 15.2. The van der Waals surface area contributed by atoms with Crippen LogP contribution in [0.3, 0.4) is 0 Å². The average molecular weight is 711 g/mol. The lowest BCUT2D eigenvalue weighted by Gasteiger charge is -2.34. The molecule has 1 nitrogen and oxygen atoms in total. The van der Waals surface area contributed by atoms with Crippen molar-refractivity contribution in [2.45, 2.75) is 5.41 Å². The molecule has 0 amide bonds. The Morgan fingerprint density at radius 3 is 1.70 bits per heavy atom. The van der Waals surface area contributed by atoms with Gasteiger partial charge in [0, 0.05) is 10.8 Å². The molecule has 1 aliphatic carbocycles. The number of rotatable bonds is 4. The zero-order valence-corrected chi connectivity index (χ0v) is 30.5. The minimum Gasteiger partial charge on any atom is -0.456 e. The van der Waals surface area contributed by atoms with Crippen LogP contribution in [0.2, 0.25) is 0 Å². The van der Waals surface area contributed by atoms with Gasteiger partial charge in [-0.3, -0.25) is 0 Å². The van der Waals surface area contributed by atoms with E-state index in [9.17, 15) is 0 Å². The van der Waals surface area contributed by atoms with E-state index in [4.69, 9.17) is 4.42 Å². The molecule has 0 saturated heterocycles. The smallest absolute Gasteiger partial charge is 0.136 e. The SMILES string of the molecule is c1ccc(C2(c3ccccc3)c3ccc(-c4cccc5oc6cc7ccccc7cc6c45)cc3-c3c2ccc2c(-c4ccc5ccccc5c4)cccc32)cc1. The van der Waals surface area contributed by atoms with Crippen molar-refractivity contribution < 1.29 is 4.42 Å². The first-order valence-corrected chi connectivity index (χ1v) is 19.4. The van der Waals surface area contributed by atoms with Gasteiger partial charge < -0.3 is 4.42 Å². The van der Waals surface area contributed by atoms with E-state index in [0.717, 1.165) is 21.9 Å². The van der Waals surface area contributed by atoms with Gasteiger partial charge in [0.1, 0.15) is 11.2 Å². The van der Waals surface area contributed by atoms with Gasteiger partial charge in [0.05, 0.1) is 5.41 Å². The van der Waals surface area contributed by atoms with Crippen LogP contribution in [0.15, 0.2) is 211 Å². The zero-order valence-electron chi connectivity index (χ0n) is 30.5. The van der Waals surface area contributed by atoms with Gasteiger partial charge in [-0.05, 0) is 118 Å². The molecular weight excluding hydrogens is 677 g/mol. The van der Waals surface area contributed by atoms with Gasteiger partial charge in [-0.1, -0.05) is 176 Å². The minimum atomic E-state index is -0.508. The molecule has 0 saturated carbocycles. The van der Waals surface area contributed by atoms with Crippen molar-refractivity contribution in [1.82, 2.24) is 0 Å². The van der Waals surface area contributed by atoms with Crippen molar-refractivity contribution in [3.63, 3.8) is 0 Å². The van der Waals surface area contributed by atoms with Crippen molar-refractivity contribution in [3.8, 4) is 33.4 Å². The molecule has 0 atom stereocenters. The Morgan fingerprint density at radius 2 is 0.929 bits per heavy atom. The Hall–Kier alpha value is -7.22. The predicted molar refractivity (Wildman–Crippen MR) is 234 cm³/mol. The first-order valence-electron chi connectivity index (χ1n) is 19.4. The van der Waals surface area contributed by atoms with Crippen molar-refractivity contribution in [2.75, 3.05) is 0 Å². The molecule has 0 fully saturated rings. The quantitative estimate of drug-likeness (QED) is 0.177. The molecule has 1 heterocycles. The number of furan rings is 1. The zero-order chi connectivity index (χ0) is 36.8. The summed E-state index contributed by atoms with van der Waals surface area (Å²) in [5.74, 6) is 0. The van der Waals surface area contributed by atoms with Crippen molar-refractivity contribution in [2.24, 2.45) is 0 Å². The summed E-state index contributed by atoms with van der Waals surface area (Å²) in [5, 5.41) is 9.71. The summed E-state index contributed by atoms with van der Waals surface area (Å²) in [4.78, 5) is 0. The van der Waals surface area contributed by atoms with Crippen LogP contribution in [0.4, 0.5) is 0 Å². The Bertz CT molecular complexity index is 3310. The Labute approximate surface area is 324 Å². The van der Waals surface area contributed by atoms with Crippen LogP contribution in [-0.2, 0) is 5.41 Å². The lowest BCUT2D eigenvalue weighted by molar-refractivity contribution is 0.669. The summed E-state index contributed by atoms with van der Waals surface area (Å²) < 4.78 is 6.56. The highest BCUT2D eigenvalue weighted by atomic mass is 16.3. The van der Waals surface area contributed by atoms with E-state index in [1.54, 1.807) is 0 Å². The third-order valence-electron chi connectivity index (χ3n) is 12.3. The minimum absolute atomic E-state index is 0.508. The van der Waals surface area contributed by atoms with Crippen molar-refractivity contribution in [3.05, 3.63) is 229 Å². The summed E-state index contributed by atoms with van der Waals surface area (Å²) in [7, 11) is 0. The van der Waals surface area contributed by atoms with E-state index in [0.29, 0.717) is 0 Å². The number of hydrogen-bond donors (Lipinski definition) is 0. The molecule has 0 radical (unpaired) electrons. The highest BCUT2D eigenvalue weighted by Crippen LogP contribution is 2.59. The molecule has 260 valence electrons. The molecular formula is C55H34O. The average Bonchev–Trinajstić information content (AvgIpc) is 3.79. The second-order valence-electron chi connectivity index (χ2n) is 15.2. The fourth-order valence-corrected chi connectivity index (χ4v) is 9.88. The van der Waals surface area contributed by atoms with Gasteiger partial charge >= 0.3 is 0 Å². The lowest BCUT2D eigenvalue weighted by atomic mass is 9.67. The van der Waals surface area contributed by atoms with Gasteiger partial charge in [-0.2, -0.15) is 0 Å². The number of hydrogen-bond acceptors (Lipinski definition) is 1. The van der Waals surface area contributed by atoms with Crippen LogP contribution in [0.25, 0.3) is 87.6 Å². The van der Waals surface area contributed by atoms with Gasteiger partial charge in [-0.25, -0.2) is 0 Å². The molecule has 0 N–H and O–H groups in total. The summed E-state index contributed by atoms with van der Waals surface area (Å²) in [6.45, 7) is 0. The van der Waals surface area contributed by atoms with Crippen LogP contribution in [0.5, 0.6) is 0 Å². The van der Waals surface area contributed by atoms with Gasteiger partial charge in [0.25, 0.3) is 0 Å². The Kier molecular flexibility index (Phi) is 6.62. The van der Waals surface area contributed by atoms with E-state index < -0.39 is 5.41 Å². The van der Waals surface area contributed by atoms with Gasteiger partial charge in [0.2, 0.25) is 0 Å². The van der Waals surface area contributed by atoms with E-state index in [-0.39, 0.29) is 0 Å². The summed E-state index contributed by atoms with van der Waals surface area (Å²) in [6, 6.07) is 76.0. The maximum absolute atomic E-state index is 6.56. The predicted octanol–water partition coefficient (Wildman–Crippen LogP) is 14.7. The van der Waals surface area contributed by atoms with Gasteiger partial charge in [-0.15, -0.1) is 0 Å². The molecule has 0 unspecified atom stereocenters. The lowest BCUT2D eigenvalue weighted by Crippen LogP contribution is -2.28. The van der Waals surface area contributed by atoms with Crippen LogP contribution in [-0.4, -0.2) is 0 Å². The van der Waals surface area contributed by atoms with E-state index in [1.807, 2.05) is 0 Å². The van der Waals surface area contributed by atoms with Gasteiger partial charge in [0.15, 0.2) is 0 Å². The molecule has 12 rings (SSSR count). The molecule has 1 aromatic heterocycles. The Balaban J connectivity index is 1.17. The molecule has 56 heavy (non-hydrogen) atoms. The third-order valence-corrected chi connectivity index (χ3v) is 12.3. The van der Waals surface area contributed by atoms with E-state index in [1.165, 1.54) is 88.0 Å². The largest absolute Gasteiger partial charge is 0.456 e. The van der Waals surface area contributed by atoms with Crippen molar-refractivity contribution >= 4 is 54.3 Å². The summed E-state index contributed by atoms with van der Waals surface area (Å²) >= 11 is 0. The normalized spacial score (nSPS) is 13.1. The first kappa shape index (κ1) is 31.2. The highest BCUT2D eigenvalue weighted by molar-refractivity contribution is 6.16. The fraction of sp³-hybridized carbons (Fsp3) is 0.0182. The molecule has 0 aliphatic heterocycles. The number of benzene rings is 10. The molecule has 1 heteroatoms. The maximum Gasteiger partial charge on any atom is 0.136 e. The number of fused-ring (bicyclic) bond motifs is 10. The monoisotopic (exact) mass is 710 g/mol. The summed E-state index contributed by atoms with van der Waals surface area (Å²) in [5.41, 5.74) is 13.8. The first-order chi connectivity index (χ1) is 27.8. The molecule has 1 aliphatic rings. The highest BCUT2D eigenvalue weighted by Gasteiger charge is 2.46. The third kappa shape index (κ3) is 4.37. The van der Waals surface area contributed by atoms with Crippen LogP contribution >= 0.6 is 0 Å². The summed E-state index contributed by atoms with van der Waals surface area (Å²) in [6.07, 6.45) is 0. The van der Waals surface area contributed by atoms with Crippen LogP contribution in [0, 0.1) is 0 Å². The molecule has 0 spiro atoms. The second kappa shape index (κ2) is 11.9. The van der Waals surface area contributed by atoms with Crippen LogP contribution in [0.1, 0.15) is 22.3 Å². The molecule has 0 bridgehead atoms. The Morgan fingerprint density at radius 1 is 0.321 bits per heavy atom. The fourth-order valence-electron chi connectivity index (χ4n) is 9.88.